The summed E-state index contributed by atoms with van der Waals surface area (Å²) < 4.78 is 4.64. The van der Waals surface area contributed by atoms with E-state index in [1.165, 1.54) is 18.4 Å². The van der Waals surface area contributed by atoms with Crippen LogP contribution >= 0.6 is 11.3 Å². The van der Waals surface area contributed by atoms with Crippen LogP contribution in [-0.2, 0) is 4.74 Å². The molecule has 0 spiro atoms. The highest BCUT2D eigenvalue weighted by molar-refractivity contribution is 7.13. The van der Waals surface area contributed by atoms with Crippen LogP contribution < -0.4 is 5.32 Å². The van der Waals surface area contributed by atoms with E-state index >= 15 is 0 Å². The lowest BCUT2D eigenvalue weighted by atomic mass is 9.82. The van der Waals surface area contributed by atoms with E-state index in [4.69, 9.17) is 0 Å². The van der Waals surface area contributed by atoms with Crippen LogP contribution in [-0.4, -0.2) is 23.6 Å². The lowest BCUT2D eigenvalue weighted by Gasteiger charge is -2.33. The van der Waals surface area contributed by atoms with Crippen LogP contribution in [0.4, 0.5) is 5.13 Å². The fraction of sp³-hybridized carbons (Fsp3) is 0.692. The number of rotatable bonds is 4. The van der Waals surface area contributed by atoms with Crippen molar-refractivity contribution >= 4 is 22.4 Å². The van der Waals surface area contributed by atoms with E-state index < -0.39 is 5.97 Å². The van der Waals surface area contributed by atoms with E-state index in [0.717, 1.165) is 11.6 Å². The molecule has 102 valence electrons. The third-order valence-electron chi connectivity index (χ3n) is 2.32. The van der Waals surface area contributed by atoms with Crippen LogP contribution in [0.2, 0.25) is 0 Å². The predicted octanol–water partition coefficient (Wildman–Crippen LogP) is 3.56. The predicted molar refractivity (Wildman–Crippen MR) is 75.2 cm³/mol. The van der Waals surface area contributed by atoms with Gasteiger partial charge in [-0.3, -0.25) is 0 Å². The van der Waals surface area contributed by atoms with Gasteiger partial charge in [-0.25, -0.2) is 9.78 Å². The van der Waals surface area contributed by atoms with Crippen LogP contribution in [0, 0.1) is 5.41 Å². The zero-order chi connectivity index (χ0) is 14.0. The molecule has 0 saturated heterocycles. The summed E-state index contributed by atoms with van der Waals surface area (Å²) in [6.07, 6.45) is 1.01. The minimum Gasteiger partial charge on any atom is -0.464 e. The largest absolute Gasteiger partial charge is 0.464 e. The number of hydrogen-bond acceptors (Lipinski definition) is 5. The standard InChI is InChI=1S/C13H22N2O2S/c1-12(2,3)8-13(4,5)15-11-14-9(7-18-11)10(16)17-6/h7H,8H2,1-6H3,(H,14,15). The van der Waals surface area contributed by atoms with Crippen molar-refractivity contribution in [1.29, 1.82) is 0 Å². The summed E-state index contributed by atoms with van der Waals surface area (Å²) in [4.78, 5) is 15.5. The Morgan fingerprint density at radius 1 is 1.39 bits per heavy atom. The number of nitrogens with zero attached hydrogens (tertiary/aromatic N) is 1. The number of carbonyl (C=O) groups is 1. The SMILES string of the molecule is COC(=O)c1csc(NC(C)(C)CC(C)(C)C)n1. The van der Waals surface area contributed by atoms with Gasteiger partial charge in [0.15, 0.2) is 10.8 Å². The summed E-state index contributed by atoms with van der Waals surface area (Å²) in [5.74, 6) is -0.395. The second-order valence-corrected chi connectivity index (χ2v) is 7.13. The molecule has 0 saturated carbocycles. The van der Waals surface area contributed by atoms with E-state index in [2.05, 4.69) is 49.7 Å². The van der Waals surface area contributed by atoms with E-state index in [1.807, 2.05) is 0 Å². The van der Waals surface area contributed by atoms with Gasteiger partial charge >= 0.3 is 5.97 Å². The molecule has 1 rings (SSSR count). The van der Waals surface area contributed by atoms with Gasteiger partial charge in [-0.15, -0.1) is 11.3 Å². The summed E-state index contributed by atoms with van der Waals surface area (Å²) in [5.41, 5.74) is 0.527. The van der Waals surface area contributed by atoms with Crippen molar-refractivity contribution in [2.45, 2.75) is 46.6 Å². The second-order valence-electron chi connectivity index (χ2n) is 6.28. The Bertz CT molecular complexity index is 419. The highest BCUT2D eigenvalue weighted by Gasteiger charge is 2.26. The van der Waals surface area contributed by atoms with Crippen molar-refractivity contribution in [3.8, 4) is 0 Å². The van der Waals surface area contributed by atoms with Gasteiger partial charge in [0.05, 0.1) is 7.11 Å². The van der Waals surface area contributed by atoms with Gasteiger partial charge in [0.1, 0.15) is 0 Å². The molecule has 4 nitrogen and oxygen atoms in total. The maximum atomic E-state index is 11.3. The third-order valence-corrected chi connectivity index (χ3v) is 3.07. The molecule has 0 amide bonds. The first-order valence-corrected chi connectivity index (χ1v) is 6.83. The van der Waals surface area contributed by atoms with Crippen LogP contribution in [0.15, 0.2) is 5.38 Å². The van der Waals surface area contributed by atoms with Gasteiger partial charge in [0, 0.05) is 10.9 Å². The number of anilines is 1. The maximum absolute atomic E-state index is 11.3. The average molecular weight is 270 g/mol. The van der Waals surface area contributed by atoms with Gasteiger partial charge in [-0.05, 0) is 25.7 Å². The van der Waals surface area contributed by atoms with Gasteiger partial charge in [-0.2, -0.15) is 0 Å². The van der Waals surface area contributed by atoms with Crippen molar-refractivity contribution in [2.24, 2.45) is 5.41 Å². The Kier molecular flexibility index (Phi) is 4.37. The lowest BCUT2D eigenvalue weighted by molar-refractivity contribution is 0.0595. The van der Waals surface area contributed by atoms with Crippen molar-refractivity contribution in [3.63, 3.8) is 0 Å². The van der Waals surface area contributed by atoms with Crippen LogP contribution in [0.3, 0.4) is 0 Å². The Morgan fingerprint density at radius 3 is 2.50 bits per heavy atom. The molecule has 0 aromatic carbocycles. The highest BCUT2D eigenvalue weighted by atomic mass is 32.1. The topological polar surface area (TPSA) is 51.2 Å². The average Bonchev–Trinajstić information content (AvgIpc) is 2.60. The lowest BCUT2D eigenvalue weighted by Crippen LogP contribution is -2.35. The quantitative estimate of drug-likeness (QED) is 0.850. The Balaban J connectivity index is 2.72. The molecule has 5 heteroatoms. The Labute approximate surface area is 113 Å². The maximum Gasteiger partial charge on any atom is 0.357 e. The summed E-state index contributed by atoms with van der Waals surface area (Å²) >= 11 is 1.42. The molecule has 1 aromatic rings. The molecule has 18 heavy (non-hydrogen) atoms. The molecule has 1 aromatic heterocycles. The number of ether oxygens (including phenoxy) is 1. The molecule has 0 aliphatic rings. The molecule has 0 radical (unpaired) electrons. The molecule has 0 aliphatic carbocycles. The zero-order valence-electron chi connectivity index (χ0n) is 12.0. The number of methoxy groups -OCH3 is 1. The highest BCUT2D eigenvalue weighted by Crippen LogP contribution is 2.30. The summed E-state index contributed by atoms with van der Waals surface area (Å²) in [5, 5.41) is 5.84. The third kappa shape index (κ3) is 4.64. The van der Waals surface area contributed by atoms with E-state index in [1.54, 1.807) is 5.38 Å². The second kappa shape index (κ2) is 5.26. The molecule has 0 fully saturated rings. The zero-order valence-corrected chi connectivity index (χ0v) is 12.8. The van der Waals surface area contributed by atoms with Crippen molar-refractivity contribution in [1.82, 2.24) is 4.98 Å². The fourth-order valence-corrected chi connectivity index (χ4v) is 3.05. The smallest absolute Gasteiger partial charge is 0.357 e. The number of carbonyl (C=O) groups excluding carboxylic acids is 1. The number of thiazole rings is 1. The molecular formula is C13H22N2O2S. The first-order valence-electron chi connectivity index (χ1n) is 5.95. The molecule has 0 unspecified atom stereocenters. The number of hydrogen-bond donors (Lipinski definition) is 1. The monoisotopic (exact) mass is 270 g/mol. The van der Waals surface area contributed by atoms with E-state index in [9.17, 15) is 4.79 Å². The van der Waals surface area contributed by atoms with Gasteiger partial charge in [0.2, 0.25) is 0 Å². The van der Waals surface area contributed by atoms with Crippen LogP contribution in [0.1, 0.15) is 51.5 Å². The minimum absolute atomic E-state index is 0.0660. The first-order chi connectivity index (χ1) is 8.13. The summed E-state index contributed by atoms with van der Waals surface area (Å²) in [7, 11) is 1.36. The number of aromatic nitrogens is 1. The molecule has 0 aliphatic heterocycles. The van der Waals surface area contributed by atoms with Gasteiger partial charge in [0.25, 0.3) is 0 Å². The van der Waals surface area contributed by atoms with E-state index in [0.29, 0.717) is 5.69 Å². The Morgan fingerprint density at radius 2 is 2.00 bits per heavy atom. The summed E-state index contributed by atoms with van der Waals surface area (Å²) in [6, 6.07) is 0. The van der Waals surface area contributed by atoms with E-state index in [-0.39, 0.29) is 11.0 Å². The van der Waals surface area contributed by atoms with Gasteiger partial charge in [-0.1, -0.05) is 20.8 Å². The fourth-order valence-electron chi connectivity index (χ4n) is 2.19. The first kappa shape index (κ1) is 15.0. The molecule has 1 heterocycles. The molecule has 0 bridgehead atoms. The van der Waals surface area contributed by atoms with Gasteiger partial charge < -0.3 is 10.1 Å². The molecule has 1 N–H and O–H groups in total. The number of nitrogens with one attached hydrogen (secondary N) is 1. The number of esters is 1. The summed E-state index contributed by atoms with van der Waals surface area (Å²) in [6.45, 7) is 10.9. The molecule has 0 atom stereocenters. The minimum atomic E-state index is -0.395. The Hall–Kier alpha value is -1.10. The van der Waals surface area contributed by atoms with Crippen molar-refractivity contribution in [2.75, 3.05) is 12.4 Å². The van der Waals surface area contributed by atoms with Crippen LogP contribution in [0.5, 0.6) is 0 Å². The van der Waals surface area contributed by atoms with Crippen molar-refractivity contribution < 1.29 is 9.53 Å². The van der Waals surface area contributed by atoms with Crippen molar-refractivity contribution in [3.05, 3.63) is 11.1 Å². The normalized spacial score (nSPS) is 12.3. The van der Waals surface area contributed by atoms with Crippen LogP contribution in [0.25, 0.3) is 0 Å². The molecular weight excluding hydrogens is 248 g/mol.